The first kappa shape index (κ1) is 28.8. The second kappa shape index (κ2) is 11.9. The molecule has 2 aliphatic rings. The van der Waals surface area contributed by atoms with Gasteiger partial charge in [0, 0.05) is 12.5 Å². The number of hydrogen-bond donors (Lipinski definition) is 5. The van der Waals surface area contributed by atoms with Crippen LogP contribution in [0.5, 0.6) is 5.75 Å². The minimum absolute atomic E-state index is 0.0260. The molecule has 13 nitrogen and oxygen atoms in total. The molecule has 0 fully saturated rings. The van der Waals surface area contributed by atoms with Crippen LogP contribution in [0.4, 0.5) is 10.5 Å². The van der Waals surface area contributed by atoms with E-state index in [2.05, 4.69) is 19.9 Å². The van der Waals surface area contributed by atoms with Gasteiger partial charge in [0.05, 0.1) is 12.2 Å². The van der Waals surface area contributed by atoms with Crippen LogP contribution in [0, 0.1) is 0 Å². The number of rotatable bonds is 9. The quantitative estimate of drug-likeness (QED) is 0.166. The number of carbonyl (C=O) groups is 4. The molecule has 4 amide bonds. The zero-order valence-electron chi connectivity index (χ0n) is 21.5. The van der Waals surface area contributed by atoms with Gasteiger partial charge in [0.15, 0.2) is 0 Å². The molecule has 0 saturated carbocycles. The Hall–Kier alpha value is -4.19. The number of amides is 4. The number of benzene rings is 2. The maximum atomic E-state index is 13.7. The number of para-hydroxylation sites is 1. The molecular formula is C26H29N4O9P. The number of anilines is 1. The summed E-state index contributed by atoms with van der Waals surface area (Å²) in [6.45, 7) is 1.60. The fourth-order valence-corrected chi connectivity index (χ4v) is 5.22. The van der Waals surface area contributed by atoms with Gasteiger partial charge in [-0.05, 0) is 54.2 Å². The van der Waals surface area contributed by atoms with Gasteiger partial charge in [0.2, 0.25) is 17.7 Å². The van der Waals surface area contributed by atoms with Gasteiger partial charge >= 0.3 is 13.9 Å². The van der Waals surface area contributed by atoms with Crippen molar-refractivity contribution in [3.8, 4) is 5.75 Å². The Bertz CT molecular complexity index is 1400. The van der Waals surface area contributed by atoms with Crippen molar-refractivity contribution in [2.45, 2.75) is 38.3 Å². The van der Waals surface area contributed by atoms with Crippen LogP contribution in [0.2, 0.25) is 0 Å². The van der Waals surface area contributed by atoms with Crippen molar-refractivity contribution < 1.29 is 42.8 Å². The Morgan fingerprint density at radius 3 is 2.52 bits per heavy atom. The molecule has 40 heavy (non-hydrogen) atoms. The summed E-state index contributed by atoms with van der Waals surface area (Å²) in [5.74, 6) is -1.36. The van der Waals surface area contributed by atoms with Crippen molar-refractivity contribution in [3.05, 3.63) is 65.2 Å². The number of phosphoric ester groups is 1. The van der Waals surface area contributed by atoms with Crippen LogP contribution < -0.4 is 25.8 Å². The number of nitrogens with two attached hydrogens (primary N) is 1. The third kappa shape index (κ3) is 6.87. The molecule has 0 bridgehead atoms. The van der Waals surface area contributed by atoms with Gasteiger partial charge in [-0.25, -0.2) is 9.36 Å². The number of ether oxygens (including phenoxy) is 1. The van der Waals surface area contributed by atoms with E-state index in [4.69, 9.17) is 15.5 Å². The zero-order valence-corrected chi connectivity index (χ0v) is 22.4. The maximum Gasteiger partial charge on any atom is 0.524 e. The zero-order chi connectivity index (χ0) is 29.0. The molecule has 6 N–H and O–H groups in total. The predicted octanol–water partition coefficient (Wildman–Crippen LogP) is 1.16. The third-order valence-corrected chi connectivity index (χ3v) is 7.00. The molecule has 0 radical (unpaired) electrons. The minimum Gasteiger partial charge on any atom is -0.448 e. The molecule has 0 saturated heterocycles. The van der Waals surface area contributed by atoms with Crippen molar-refractivity contribution in [1.29, 1.82) is 0 Å². The molecule has 2 heterocycles. The first-order valence-corrected chi connectivity index (χ1v) is 13.9. The standard InChI is InChI=1S/C26H29N4O9P/c1-15(16-5-8-19(9-6-16)39-40(35,36)37)13-22(31)29-20-10-7-17-3-2-4-18-14-21(30(23(17)18)25(20)33)24(32)28-11-12-38-26(27)34/h2-6,8-9,13,20-21H,7,10-12,14H2,1H3,(H2,27,34)(H,28,32)(H,29,31)(H2,35,36,37)/b15-13+/t20-,21-/m0/s1. The van der Waals surface area contributed by atoms with Crippen LogP contribution >= 0.6 is 7.82 Å². The van der Waals surface area contributed by atoms with Gasteiger partial charge in [-0.3, -0.25) is 29.1 Å². The molecule has 2 aromatic carbocycles. The lowest BCUT2D eigenvalue weighted by Crippen LogP contribution is -2.54. The molecule has 2 atom stereocenters. The van der Waals surface area contributed by atoms with Crippen LogP contribution in [0.25, 0.3) is 5.57 Å². The summed E-state index contributed by atoms with van der Waals surface area (Å²) < 4.78 is 20.2. The first-order valence-electron chi connectivity index (χ1n) is 12.4. The number of nitrogens with one attached hydrogen (secondary N) is 2. The Balaban J connectivity index is 1.47. The lowest BCUT2D eigenvalue weighted by Gasteiger charge is -2.27. The topological polar surface area (TPSA) is 198 Å². The number of aryl methyl sites for hydroxylation is 1. The molecule has 0 aliphatic carbocycles. The van der Waals surface area contributed by atoms with E-state index in [0.29, 0.717) is 36.1 Å². The highest BCUT2D eigenvalue weighted by Crippen LogP contribution is 2.39. The largest absolute Gasteiger partial charge is 0.524 e. The fourth-order valence-electron chi connectivity index (χ4n) is 4.83. The minimum atomic E-state index is -4.69. The predicted molar refractivity (Wildman–Crippen MR) is 143 cm³/mol. The van der Waals surface area contributed by atoms with Gasteiger partial charge in [-0.1, -0.05) is 30.3 Å². The normalized spacial score (nSPS) is 18.4. The van der Waals surface area contributed by atoms with Crippen molar-refractivity contribution in [1.82, 2.24) is 10.6 Å². The van der Waals surface area contributed by atoms with Crippen molar-refractivity contribution in [2.75, 3.05) is 18.1 Å². The van der Waals surface area contributed by atoms with E-state index in [0.717, 1.165) is 11.1 Å². The fraction of sp³-hybridized carbons (Fsp3) is 0.308. The van der Waals surface area contributed by atoms with E-state index in [1.54, 1.807) is 19.1 Å². The smallest absolute Gasteiger partial charge is 0.448 e. The summed E-state index contributed by atoms with van der Waals surface area (Å²) in [5.41, 5.74) is 8.53. The molecule has 0 aromatic heterocycles. The Labute approximate surface area is 229 Å². The average molecular weight is 573 g/mol. The summed E-state index contributed by atoms with van der Waals surface area (Å²) in [4.78, 5) is 69.7. The van der Waals surface area contributed by atoms with Gasteiger partial charge in [0.1, 0.15) is 24.4 Å². The molecule has 212 valence electrons. The summed E-state index contributed by atoms with van der Waals surface area (Å²) in [6.07, 6.45) is 1.52. The van der Waals surface area contributed by atoms with Crippen LogP contribution in [-0.2, 0) is 36.5 Å². The Morgan fingerprint density at radius 1 is 1.15 bits per heavy atom. The van der Waals surface area contributed by atoms with Crippen LogP contribution in [0.15, 0.2) is 48.5 Å². The first-order chi connectivity index (χ1) is 18.9. The lowest BCUT2D eigenvalue weighted by atomic mass is 10.0. The van der Waals surface area contributed by atoms with E-state index in [-0.39, 0.29) is 18.9 Å². The monoisotopic (exact) mass is 572 g/mol. The Kier molecular flexibility index (Phi) is 8.58. The van der Waals surface area contributed by atoms with E-state index >= 15 is 0 Å². The second-order valence-electron chi connectivity index (χ2n) is 9.34. The lowest BCUT2D eigenvalue weighted by molar-refractivity contribution is -0.128. The van der Waals surface area contributed by atoms with Crippen molar-refractivity contribution in [3.63, 3.8) is 0 Å². The maximum absolute atomic E-state index is 13.7. The number of primary amides is 1. The average Bonchev–Trinajstić information content (AvgIpc) is 3.22. The van der Waals surface area contributed by atoms with E-state index in [9.17, 15) is 23.7 Å². The number of phosphoric acid groups is 1. The molecule has 0 spiro atoms. The van der Waals surface area contributed by atoms with E-state index in [1.165, 1.54) is 23.1 Å². The van der Waals surface area contributed by atoms with Gasteiger partial charge in [-0.2, -0.15) is 0 Å². The third-order valence-electron chi connectivity index (χ3n) is 6.55. The van der Waals surface area contributed by atoms with Crippen molar-refractivity contribution >= 4 is 42.9 Å². The number of allylic oxidation sites excluding steroid dienone is 1. The van der Waals surface area contributed by atoms with Crippen LogP contribution in [0.3, 0.4) is 0 Å². The van der Waals surface area contributed by atoms with E-state index in [1.807, 2.05) is 18.2 Å². The van der Waals surface area contributed by atoms with Gasteiger partial charge < -0.3 is 25.6 Å². The summed E-state index contributed by atoms with van der Waals surface area (Å²) in [6, 6.07) is 9.74. The molecule has 2 aliphatic heterocycles. The highest BCUT2D eigenvalue weighted by molar-refractivity contribution is 7.46. The number of hydrogen-bond acceptors (Lipinski definition) is 7. The van der Waals surface area contributed by atoms with Crippen LogP contribution in [-0.4, -0.2) is 58.8 Å². The summed E-state index contributed by atoms with van der Waals surface area (Å²) >= 11 is 0. The highest BCUT2D eigenvalue weighted by atomic mass is 31.2. The highest BCUT2D eigenvalue weighted by Gasteiger charge is 2.43. The molecular weight excluding hydrogens is 543 g/mol. The summed E-state index contributed by atoms with van der Waals surface area (Å²) in [7, 11) is -4.69. The van der Waals surface area contributed by atoms with Gasteiger partial charge in [0.25, 0.3) is 0 Å². The molecule has 4 rings (SSSR count). The SMILES string of the molecule is C/C(=C\C(=O)N[C@H]1CCc2cccc3c2N(C1=O)[C@H](C(=O)NCCOC(N)=O)C3)c1ccc(OP(=O)(O)O)cc1. The number of nitrogens with zero attached hydrogens (tertiary/aromatic N) is 1. The van der Waals surface area contributed by atoms with E-state index < -0.39 is 43.7 Å². The van der Waals surface area contributed by atoms with Crippen LogP contribution in [0.1, 0.15) is 30.0 Å². The van der Waals surface area contributed by atoms with Crippen molar-refractivity contribution in [2.24, 2.45) is 5.73 Å². The second-order valence-corrected chi connectivity index (χ2v) is 10.5. The molecule has 2 aromatic rings. The number of carbonyl (C=O) groups excluding carboxylic acids is 4. The Morgan fingerprint density at radius 2 is 1.85 bits per heavy atom. The molecule has 0 unspecified atom stereocenters. The van der Waals surface area contributed by atoms with Gasteiger partial charge in [-0.15, -0.1) is 0 Å². The summed E-state index contributed by atoms with van der Waals surface area (Å²) in [5, 5.41) is 5.43. The molecule has 14 heteroatoms.